The molecule has 2 aromatic heterocycles. The lowest BCUT2D eigenvalue weighted by molar-refractivity contribution is 0.224. The van der Waals surface area contributed by atoms with Crippen LogP contribution in [-0.4, -0.2) is 5.11 Å². The summed E-state index contributed by atoms with van der Waals surface area (Å²) in [6, 6.07) is 9.23. The number of hydrogen-bond donors (Lipinski definition) is 1. The van der Waals surface area contributed by atoms with Crippen molar-refractivity contribution in [3.8, 4) is 0 Å². The van der Waals surface area contributed by atoms with E-state index in [-0.39, 0.29) is 0 Å². The van der Waals surface area contributed by atoms with E-state index >= 15 is 0 Å². The molecule has 0 bridgehead atoms. The van der Waals surface area contributed by atoms with Crippen LogP contribution in [0.25, 0.3) is 9.40 Å². The second-order valence-corrected chi connectivity index (χ2v) is 6.77. The summed E-state index contributed by atoms with van der Waals surface area (Å²) in [4.78, 5) is 0.904. The molecule has 3 rings (SSSR count). The van der Waals surface area contributed by atoms with Gasteiger partial charge in [0.05, 0.1) is 0 Å². The molecule has 0 saturated carbocycles. The molecule has 0 radical (unpaired) electrons. The predicted octanol–water partition coefficient (Wildman–Crippen LogP) is 5.35. The van der Waals surface area contributed by atoms with E-state index in [1.165, 1.54) is 9.40 Å². The first-order chi connectivity index (χ1) is 8.65. The molecule has 1 atom stereocenters. The number of hydrogen-bond acceptors (Lipinski definition) is 3. The summed E-state index contributed by atoms with van der Waals surface area (Å²) < 4.78 is 2.39. The van der Waals surface area contributed by atoms with Gasteiger partial charge in [0.2, 0.25) is 0 Å². The van der Waals surface area contributed by atoms with E-state index in [2.05, 4.69) is 6.07 Å². The Kier molecular flexibility index (Phi) is 3.34. The van der Waals surface area contributed by atoms with Gasteiger partial charge in [0.15, 0.2) is 0 Å². The topological polar surface area (TPSA) is 20.2 Å². The number of fused-ring (bicyclic) bond motifs is 1. The minimum Gasteiger partial charge on any atom is -0.383 e. The summed E-state index contributed by atoms with van der Waals surface area (Å²) in [5.74, 6) is 0. The van der Waals surface area contributed by atoms with Gasteiger partial charge in [-0.3, -0.25) is 0 Å². The van der Waals surface area contributed by atoms with E-state index in [1.54, 1.807) is 40.9 Å². The quantitative estimate of drug-likeness (QED) is 0.676. The number of thiophene rings is 2. The highest BCUT2D eigenvalue weighted by atomic mass is 35.5. The third kappa shape index (κ3) is 2.17. The number of benzene rings is 1. The first-order valence-corrected chi connectivity index (χ1v) is 7.70. The standard InChI is InChI=1S/C13H8Cl2OS2/c14-7-1-2-8(9(15)5-7)13(16)12-6-11-10(18-12)3-4-17-11/h1-6,13,16H. The van der Waals surface area contributed by atoms with Crippen LogP contribution in [0.4, 0.5) is 0 Å². The highest BCUT2D eigenvalue weighted by molar-refractivity contribution is 7.26. The molecule has 2 heterocycles. The van der Waals surface area contributed by atoms with Crippen molar-refractivity contribution in [1.82, 2.24) is 0 Å². The summed E-state index contributed by atoms with van der Waals surface area (Å²) in [6.07, 6.45) is -0.695. The van der Waals surface area contributed by atoms with Crippen LogP contribution in [-0.2, 0) is 0 Å². The van der Waals surface area contributed by atoms with Crippen LogP contribution in [0.2, 0.25) is 10.0 Å². The number of aliphatic hydroxyl groups is 1. The zero-order valence-electron chi connectivity index (χ0n) is 9.06. The predicted molar refractivity (Wildman–Crippen MR) is 80.2 cm³/mol. The fourth-order valence-electron chi connectivity index (χ4n) is 1.80. The van der Waals surface area contributed by atoms with Crippen molar-refractivity contribution >= 4 is 55.3 Å². The third-order valence-electron chi connectivity index (χ3n) is 2.69. The van der Waals surface area contributed by atoms with Crippen LogP contribution in [0.15, 0.2) is 35.7 Å². The van der Waals surface area contributed by atoms with Crippen molar-refractivity contribution in [2.75, 3.05) is 0 Å². The molecule has 0 aliphatic rings. The van der Waals surface area contributed by atoms with E-state index in [1.807, 2.05) is 11.4 Å². The van der Waals surface area contributed by atoms with Gasteiger partial charge in [-0.1, -0.05) is 29.3 Å². The smallest absolute Gasteiger partial charge is 0.115 e. The molecule has 5 heteroatoms. The number of rotatable bonds is 2. The van der Waals surface area contributed by atoms with Gasteiger partial charge < -0.3 is 5.11 Å². The molecule has 0 spiro atoms. The van der Waals surface area contributed by atoms with Gasteiger partial charge in [0, 0.05) is 29.9 Å². The molecular formula is C13H8Cl2OS2. The number of halogens is 2. The number of aliphatic hydroxyl groups excluding tert-OH is 1. The molecule has 3 aromatic rings. The van der Waals surface area contributed by atoms with Gasteiger partial charge in [0.25, 0.3) is 0 Å². The van der Waals surface area contributed by atoms with Crippen molar-refractivity contribution in [2.24, 2.45) is 0 Å². The van der Waals surface area contributed by atoms with Crippen LogP contribution >= 0.6 is 45.9 Å². The molecule has 92 valence electrons. The summed E-state index contributed by atoms with van der Waals surface area (Å²) in [7, 11) is 0. The average Bonchev–Trinajstić information content (AvgIpc) is 2.87. The van der Waals surface area contributed by atoms with Gasteiger partial charge >= 0.3 is 0 Å². The lowest BCUT2D eigenvalue weighted by atomic mass is 10.1. The minimum absolute atomic E-state index is 0.492. The van der Waals surface area contributed by atoms with Crippen molar-refractivity contribution in [2.45, 2.75) is 6.10 Å². The largest absolute Gasteiger partial charge is 0.383 e. The maximum Gasteiger partial charge on any atom is 0.115 e. The van der Waals surface area contributed by atoms with Crippen LogP contribution in [0, 0.1) is 0 Å². The van der Waals surface area contributed by atoms with Crippen LogP contribution in [0.1, 0.15) is 16.5 Å². The first kappa shape index (κ1) is 12.5. The normalized spacial score (nSPS) is 13.1. The Morgan fingerprint density at radius 3 is 2.61 bits per heavy atom. The highest BCUT2D eigenvalue weighted by Gasteiger charge is 2.17. The molecule has 0 fully saturated rings. The van der Waals surface area contributed by atoms with E-state index in [4.69, 9.17) is 23.2 Å². The summed E-state index contributed by atoms with van der Waals surface area (Å²) in [5.41, 5.74) is 0.690. The summed E-state index contributed by atoms with van der Waals surface area (Å²) in [6.45, 7) is 0. The summed E-state index contributed by atoms with van der Waals surface area (Å²) in [5, 5.41) is 13.5. The van der Waals surface area contributed by atoms with Crippen molar-refractivity contribution < 1.29 is 5.11 Å². The second kappa shape index (κ2) is 4.83. The molecule has 18 heavy (non-hydrogen) atoms. The van der Waals surface area contributed by atoms with Gasteiger partial charge in [-0.2, -0.15) is 0 Å². The molecule has 0 amide bonds. The van der Waals surface area contributed by atoms with Gasteiger partial charge in [-0.15, -0.1) is 22.7 Å². The second-order valence-electron chi connectivity index (χ2n) is 3.87. The fourth-order valence-corrected chi connectivity index (χ4v) is 4.43. The van der Waals surface area contributed by atoms with E-state index < -0.39 is 6.10 Å². The lowest BCUT2D eigenvalue weighted by Crippen LogP contribution is -1.97. The minimum atomic E-state index is -0.695. The van der Waals surface area contributed by atoms with Crippen LogP contribution < -0.4 is 0 Å². The van der Waals surface area contributed by atoms with E-state index in [0.29, 0.717) is 15.6 Å². The van der Waals surface area contributed by atoms with Crippen molar-refractivity contribution in [1.29, 1.82) is 0 Å². The van der Waals surface area contributed by atoms with Gasteiger partial charge in [-0.05, 0) is 29.6 Å². The molecule has 1 nitrogen and oxygen atoms in total. The zero-order valence-corrected chi connectivity index (χ0v) is 12.2. The molecule has 1 N–H and O–H groups in total. The average molecular weight is 315 g/mol. The monoisotopic (exact) mass is 314 g/mol. The third-order valence-corrected chi connectivity index (χ3v) is 5.39. The molecule has 0 aliphatic carbocycles. The van der Waals surface area contributed by atoms with Gasteiger partial charge in [-0.25, -0.2) is 0 Å². The summed E-state index contributed by atoms with van der Waals surface area (Å²) >= 11 is 15.2. The molecule has 0 saturated heterocycles. The maximum atomic E-state index is 10.4. The molecule has 1 aromatic carbocycles. The van der Waals surface area contributed by atoms with E-state index in [0.717, 1.165) is 4.88 Å². The fraction of sp³-hybridized carbons (Fsp3) is 0.0769. The van der Waals surface area contributed by atoms with Crippen LogP contribution in [0.5, 0.6) is 0 Å². The zero-order chi connectivity index (χ0) is 12.7. The Balaban J connectivity index is 2.03. The Bertz CT molecular complexity index is 673. The van der Waals surface area contributed by atoms with Crippen LogP contribution in [0.3, 0.4) is 0 Å². The van der Waals surface area contributed by atoms with Crippen molar-refractivity contribution in [3.63, 3.8) is 0 Å². The highest BCUT2D eigenvalue weighted by Crippen LogP contribution is 2.38. The first-order valence-electron chi connectivity index (χ1n) is 5.25. The van der Waals surface area contributed by atoms with Crippen molar-refractivity contribution in [3.05, 3.63) is 56.2 Å². The molecular weight excluding hydrogens is 307 g/mol. The SMILES string of the molecule is OC(c1cc2sccc2s1)c1ccc(Cl)cc1Cl. The Labute approximate surface area is 122 Å². The lowest BCUT2D eigenvalue weighted by Gasteiger charge is -2.10. The Morgan fingerprint density at radius 1 is 1.06 bits per heavy atom. The molecule has 1 unspecified atom stereocenters. The molecule has 0 aliphatic heterocycles. The maximum absolute atomic E-state index is 10.4. The van der Waals surface area contributed by atoms with Gasteiger partial charge in [0.1, 0.15) is 6.10 Å². The Hall–Kier alpha value is -0.580. The Morgan fingerprint density at radius 2 is 1.89 bits per heavy atom. The van der Waals surface area contributed by atoms with E-state index in [9.17, 15) is 5.11 Å².